The van der Waals surface area contributed by atoms with Crippen LogP contribution in [-0.2, 0) is 15.6 Å². The van der Waals surface area contributed by atoms with Crippen LogP contribution < -0.4 is 10.6 Å². The Bertz CT molecular complexity index is 486. The topological polar surface area (TPSA) is 75.3 Å². The van der Waals surface area contributed by atoms with E-state index in [2.05, 4.69) is 10.6 Å². The van der Waals surface area contributed by atoms with Gasteiger partial charge in [0.2, 0.25) is 0 Å². The molecule has 2 N–H and O–H groups in total. The molecule has 1 aromatic carbocycles. The number of amides is 2. The predicted molar refractivity (Wildman–Crippen MR) is 80.2 cm³/mol. The molecule has 110 valence electrons. The highest BCUT2D eigenvalue weighted by molar-refractivity contribution is 7.84. The molecule has 0 spiro atoms. The summed E-state index contributed by atoms with van der Waals surface area (Å²) in [6.45, 7) is 3.97. The number of carbonyl (C=O) groups excluding carboxylic acids is 2. The Hall–Kier alpha value is -1.69. The molecular formula is C14H20N2O3S. The van der Waals surface area contributed by atoms with Crippen molar-refractivity contribution in [3.8, 4) is 0 Å². The SMILES string of the molecule is CC(C)C[C@@H](C=O)NC(=O)Nc1ccc(S(C)=O)cc1. The maximum atomic E-state index is 11.7. The van der Waals surface area contributed by atoms with Crippen LogP contribution in [-0.4, -0.2) is 28.8 Å². The molecule has 0 saturated carbocycles. The highest BCUT2D eigenvalue weighted by atomic mass is 32.2. The molecule has 6 heteroatoms. The Morgan fingerprint density at radius 1 is 1.30 bits per heavy atom. The second-order valence-electron chi connectivity index (χ2n) is 4.95. The average Bonchev–Trinajstić information content (AvgIpc) is 2.37. The number of urea groups is 1. The van der Waals surface area contributed by atoms with Crippen LogP contribution in [0.3, 0.4) is 0 Å². The van der Waals surface area contributed by atoms with Crippen LogP contribution in [0.25, 0.3) is 0 Å². The van der Waals surface area contributed by atoms with Gasteiger partial charge in [-0.3, -0.25) is 4.21 Å². The van der Waals surface area contributed by atoms with Gasteiger partial charge in [-0.1, -0.05) is 13.8 Å². The number of hydrogen-bond acceptors (Lipinski definition) is 3. The van der Waals surface area contributed by atoms with Crippen LogP contribution in [0.15, 0.2) is 29.2 Å². The summed E-state index contributed by atoms with van der Waals surface area (Å²) in [5, 5.41) is 5.24. The molecule has 0 bridgehead atoms. The van der Waals surface area contributed by atoms with Crippen LogP contribution in [0.4, 0.5) is 10.5 Å². The van der Waals surface area contributed by atoms with Crippen molar-refractivity contribution in [2.75, 3.05) is 11.6 Å². The zero-order valence-electron chi connectivity index (χ0n) is 11.9. The van der Waals surface area contributed by atoms with Crippen molar-refractivity contribution < 1.29 is 13.8 Å². The molecule has 0 aliphatic heterocycles. The third-order valence-corrected chi connectivity index (χ3v) is 3.59. The minimum atomic E-state index is -1.04. The number of nitrogens with one attached hydrogen (secondary N) is 2. The summed E-state index contributed by atoms with van der Waals surface area (Å²) in [6, 6.07) is 5.82. The van der Waals surface area contributed by atoms with Gasteiger partial charge in [0, 0.05) is 27.6 Å². The smallest absolute Gasteiger partial charge is 0.319 e. The van der Waals surface area contributed by atoms with E-state index in [0.717, 1.165) is 6.29 Å². The van der Waals surface area contributed by atoms with E-state index >= 15 is 0 Å². The van der Waals surface area contributed by atoms with Gasteiger partial charge in [-0.2, -0.15) is 0 Å². The molecular weight excluding hydrogens is 276 g/mol. The zero-order chi connectivity index (χ0) is 15.1. The van der Waals surface area contributed by atoms with E-state index in [1.54, 1.807) is 30.5 Å². The second kappa shape index (κ2) is 7.79. The molecule has 0 aliphatic rings. The van der Waals surface area contributed by atoms with Gasteiger partial charge in [-0.25, -0.2) is 4.79 Å². The molecule has 0 radical (unpaired) electrons. The maximum absolute atomic E-state index is 11.7. The molecule has 20 heavy (non-hydrogen) atoms. The summed E-state index contributed by atoms with van der Waals surface area (Å²) < 4.78 is 11.2. The Morgan fingerprint density at radius 3 is 2.35 bits per heavy atom. The first-order valence-corrected chi connectivity index (χ1v) is 7.94. The third kappa shape index (κ3) is 5.52. The number of anilines is 1. The molecule has 0 aliphatic carbocycles. The summed E-state index contributed by atoms with van der Waals surface area (Å²) in [7, 11) is -1.04. The number of aldehydes is 1. The molecule has 0 aromatic heterocycles. The zero-order valence-corrected chi connectivity index (χ0v) is 12.7. The van der Waals surface area contributed by atoms with Crippen molar-refractivity contribution in [3.05, 3.63) is 24.3 Å². The molecule has 5 nitrogen and oxygen atoms in total. The lowest BCUT2D eigenvalue weighted by Gasteiger charge is -2.15. The molecule has 0 heterocycles. The first-order chi connectivity index (χ1) is 9.42. The maximum Gasteiger partial charge on any atom is 0.319 e. The molecule has 1 rings (SSSR count). The van der Waals surface area contributed by atoms with Crippen LogP contribution in [0.1, 0.15) is 20.3 Å². The van der Waals surface area contributed by atoms with Crippen molar-refractivity contribution in [1.29, 1.82) is 0 Å². The standard InChI is InChI=1S/C14H20N2O3S/c1-10(2)8-12(9-17)16-14(18)15-11-4-6-13(7-5-11)20(3)19/h4-7,9-10,12H,8H2,1-3H3,(H2,15,16,18)/t12-,20?/m0/s1. The van der Waals surface area contributed by atoms with Gasteiger partial charge >= 0.3 is 6.03 Å². The van der Waals surface area contributed by atoms with Crippen molar-refractivity contribution in [2.24, 2.45) is 5.92 Å². The number of hydrogen-bond donors (Lipinski definition) is 2. The normalized spacial score (nSPS) is 13.6. The first-order valence-electron chi connectivity index (χ1n) is 6.38. The van der Waals surface area contributed by atoms with Gasteiger partial charge in [0.05, 0.1) is 6.04 Å². The van der Waals surface area contributed by atoms with Crippen molar-refractivity contribution in [2.45, 2.75) is 31.2 Å². The van der Waals surface area contributed by atoms with Crippen LogP contribution in [0.5, 0.6) is 0 Å². The van der Waals surface area contributed by atoms with E-state index in [-0.39, 0.29) is 0 Å². The van der Waals surface area contributed by atoms with Crippen LogP contribution in [0.2, 0.25) is 0 Å². The monoisotopic (exact) mass is 296 g/mol. The highest BCUT2D eigenvalue weighted by Crippen LogP contribution is 2.12. The van der Waals surface area contributed by atoms with E-state index in [1.807, 2.05) is 13.8 Å². The molecule has 0 saturated heterocycles. The van der Waals surface area contributed by atoms with E-state index in [1.165, 1.54) is 0 Å². The van der Waals surface area contributed by atoms with Gasteiger partial charge in [0.25, 0.3) is 0 Å². The Labute approximate surface area is 121 Å². The molecule has 2 amide bonds. The third-order valence-electron chi connectivity index (χ3n) is 2.65. The molecule has 1 unspecified atom stereocenters. The quantitative estimate of drug-likeness (QED) is 0.790. The highest BCUT2D eigenvalue weighted by Gasteiger charge is 2.12. The van der Waals surface area contributed by atoms with E-state index in [4.69, 9.17) is 0 Å². The van der Waals surface area contributed by atoms with Crippen molar-refractivity contribution >= 4 is 28.8 Å². The average molecular weight is 296 g/mol. The van der Waals surface area contributed by atoms with E-state index in [0.29, 0.717) is 22.9 Å². The van der Waals surface area contributed by atoms with Crippen molar-refractivity contribution in [1.82, 2.24) is 5.32 Å². The van der Waals surface area contributed by atoms with Gasteiger partial charge in [-0.05, 0) is 36.6 Å². The van der Waals surface area contributed by atoms with Crippen molar-refractivity contribution in [3.63, 3.8) is 0 Å². The van der Waals surface area contributed by atoms with E-state index < -0.39 is 22.9 Å². The Balaban J connectivity index is 2.57. The lowest BCUT2D eigenvalue weighted by molar-refractivity contribution is -0.109. The number of benzene rings is 1. The van der Waals surface area contributed by atoms with Crippen LogP contribution in [0, 0.1) is 5.92 Å². The van der Waals surface area contributed by atoms with Gasteiger partial charge in [0.1, 0.15) is 6.29 Å². The molecule has 2 atom stereocenters. The lowest BCUT2D eigenvalue weighted by Crippen LogP contribution is -2.39. The fraction of sp³-hybridized carbons (Fsp3) is 0.429. The number of carbonyl (C=O) groups is 2. The van der Waals surface area contributed by atoms with Crippen LogP contribution >= 0.6 is 0 Å². The second-order valence-corrected chi connectivity index (χ2v) is 6.33. The minimum Gasteiger partial charge on any atom is -0.328 e. The largest absolute Gasteiger partial charge is 0.328 e. The lowest BCUT2D eigenvalue weighted by atomic mass is 10.1. The summed E-state index contributed by atoms with van der Waals surface area (Å²) in [5.74, 6) is 0.323. The molecule has 1 aromatic rings. The summed E-state index contributed by atoms with van der Waals surface area (Å²) >= 11 is 0. The first kappa shape index (κ1) is 16.4. The predicted octanol–water partition coefficient (Wildman–Crippen LogP) is 2.16. The summed E-state index contributed by atoms with van der Waals surface area (Å²) in [5.41, 5.74) is 0.589. The Kier molecular flexibility index (Phi) is 6.38. The van der Waals surface area contributed by atoms with Gasteiger partial charge in [0.15, 0.2) is 0 Å². The fourth-order valence-corrected chi connectivity index (χ4v) is 2.24. The Morgan fingerprint density at radius 2 is 1.90 bits per heavy atom. The van der Waals surface area contributed by atoms with E-state index in [9.17, 15) is 13.8 Å². The molecule has 0 fully saturated rings. The van der Waals surface area contributed by atoms with Gasteiger partial charge < -0.3 is 15.4 Å². The minimum absolute atomic E-state index is 0.323. The van der Waals surface area contributed by atoms with Gasteiger partial charge in [-0.15, -0.1) is 0 Å². The number of rotatable bonds is 6. The summed E-state index contributed by atoms with van der Waals surface area (Å²) in [4.78, 5) is 23.3. The summed E-state index contributed by atoms with van der Waals surface area (Å²) in [6.07, 6.45) is 2.93. The fourth-order valence-electron chi connectivity index (χ4n) is 1.72.